The number of alkyl halides is 2. The Bertz CT molecular complexity index is 994. The van der Waals surface area contributed by atoms with Crippen molar-refractivity contribution in [1.82, 2.24) is 20.3 Å². The fourth-order valence-corrected chi connectivity index (χ4v) is 2.37. The summed E-state index contributed by atoms with van der Waals surface area (Å²) in [5, 5.41) is 5.35. The molecule has 172 valence electrons. The standard InChI is InChI=1S/C22H27F2N5O3/c1-12(2)19(30)29-21-26-14(5)9-17(28-21)20(31)27-15(6)16-7-8-18(25-10-16)32-11-22(23,24)13(3)4/h7-10,12,15H,3,11H2,1-2,4-6H3,(H,27,31)(H,26,28,29,30). The minimum Gasteiger partial charge on any atom is -0.471 e. The smallest absolute Gasteiger partial charge is 0.302 e. The van der Waals surface area contributed by atoms with Crippen LogP contribution in [-0.2, 0) is 4.79 Å². The van der Waals surface area contributed by atoms with Crippen molar-refractivity contribution in [1.29, 1.82) is 0 Å². The van der Waals surface area contributed by atoms with E-state index in [4.69, 9.17) is 4.74 Å². The SMILES string of the molecule is C=C(C)C(F)(F)COc1ccc(C(C)NC(=O)c2cc(C)nc(NC(=O)C(C)C)n2)cn1. The van der Waals surface area contributed by atoms with Crippen LogP contribution in [0.5, 0.6) is 5.88 Å². The number of pyridine rings is 1. The Hall–Kier alpha value is -3.43. The minimum absolute atomic E-state index is 0.0326. The highest BCUT2D eigenvalue weighted by Gasteiger charge is 2.31. The summed E-state index contributed by atoms with van der Waals surface area (Å²) >= 11 is 0. The first-order valence-electron chi connectivity index (χ1n) is 9.99. The highest BCUT2D eigenvalue weighted by atomic mass is 19.3. The summed E-state index contributed by atoms with van der Waals surface area (Å²) in [5.74, 6) is -4.05. The Morgan fingerprint density at radius 3 is 2.47 bits per heavy atom. The van der Waals surface area contributed by atoms with Crippen molar-refractivity contribution in [3.05, 3.63) is 53.5 Å². The van der Waals surface area contributed by atoms with Crippen LogP contribution in [0.2, 0.25) is 0 Å². The van der Waals surface area contributed by atoms with Crippen LogP contribution >= 0.6 is 0 Å². The number of ether oxygens (including phenoxy) is 1. The van der Waals surface area contributed by atoms with Gasteiger partial charge in [-0.25, -0.2) is 15.0 Å². The molecule has 0 aromatic carbocycles. The number of nitrogens with zero attached hydrogens (tertiary/aromatic N) is 3. The van der Waals surface area contributed by atoms with Gasteiger partial charge in [-0.05, 0) is 38.0 Å². The molecule has 1 atom stereocenters. The maximum Gasteiger partial charge on any atom is 0.302 e. The normalized spacial score (nSPS) is 12.2. The first-order valence-corrected chi connectivity index (χ1v) is 9.99. The lowest BCUT2D eigenvalue weighted by atomic mass is 10.1. The van der Waals surface area contributed by atoms with Gasteiger partial charge in [0.25, 0.3) is 5.91 Å². The molecule has 0 aliphatic carbocycles. The summed E-state index contributed by atoms with van der Waals surface area (Å²) in [6.45, 7) is 10.5. The Balaban J connectivity index is 2.04. The number of hydrogen-bond donors (Lipinski definition) is 2. The molecule has 0 saturated carbocycles. The van der Waals surface area contributed by atoms with Crippen LogP contribution in [0.15, 0.2) is 36.5 Å². The highest BCUT2D eigenvalue weighted by molar-refractivity contribution is 5.94. The first-order chi connectivity index (χ1) is 14.9. The van der Waals surface area contributed by atoms with Gasteiger partial charge in [-0.15, -0.1) is 0 Å². The van der Waals surface area contributed by atoms with E-state index in [1.807, 2.05) is 0 Å². The van der Waals surface area contributed by atoms with E-state index >= 15 is 0 Å². The first kappa shape index (κ1) is 24.8. The minimum atomic E-state index is -3.15. The van der Waals surface area contributed by atoms with Gasteiger partial charge in [0.2, 0.25) is 17.7 Å². The van der Waals surface area contributed by atoms with E-state index in [0.717, 1.165) is 0 Å². The number of carbonyl (C=O) groups is 2. The van der Waals surface area contributed by atoms with E-state index < -0.39 is 24.5 Å². The molecule has 2 heterocycles. The molecule has 0 radical (unpaired) electrons. The van der Waals surface area contributed by atoms with Gasteiger partial charge in [-0.1, -0.05) is 26.5 Å². The van der Waals surface area contributed by atoms with Gasteiger partial charge < -0.3 is 10.1 Å². The molecule has 32 heavy (non-hydrogen) atoms. The largest absolute Gasteiger partial charge is 0.471 e. The fraction of sp³-hybridized carbons (Fsp3) is 0.409. The van der Waals surface area contributed by atoms with Crippen molar-refractivity contribution in [2.75, 3.05) is 11.9 Å². The number of aromatic nitrogens is 3. The lowest BCUT2D eigenvalue weighted by Crippen LogP contribution is -2.28. The summed E-state index contributed by atoms with van der Waals surface area (Å²) < 4.78 is 32.2. The Morgan fingerprint density at radius 2 is 1.91 bits per heavy atom. The van der Waals surface area contributed by atoms with Crippen molar-refractivity contribution in [2.45, 2.75) is 46.6 Å². The van der Waals surface area contributed by atoms with Gasteiger partial charge in [-0.2, -0.15) is 8.78 Å². The second kappa shape index (κ2) is 10.3. The molecule has 0 bridgehead atoms. The van der Waals surface area contributed by atoms with Crippen LogP contribution in [0, 0.1) is 12.8 Å². The predicted octanol–water partition coefficient (Wildman–Crippen LogP) is 3.86. The third-order valence-electron chi connectivity index (χ3n) is 4.48. The lowest BCUT2D eigenvalue weighted by Gasteiger charge is -2.17. The Labute approximate surface area is 185 Å². The van der Waals surface area contributed by atoms with E-state index in [1.165, 1.54) is 25.3 Å². The van der Waals surface area contributed by atoms with E-state index in [2.05, 4.69) is 32.2 Å². The number of aryl methyl sites for hydroxylation is 1. The number of nitrogens with one attached hydrogen (secondary N) is 2. The fourth-order valence-electron chi connectivity index (χ4n) is 2.37. The molecular formula is C22H27F2N5O3. The van der Waals surface area contributed by atoms with Crippen LogP contribution in [0.3, 0.4) is 0 Å². The van der Waals surface area contributed by atoms with Crippen molar-refractivity contribution in [2.24, 2.45) is 5.92 Å². The van der Waals surface area contributed by atoms with E-state index in [1.54, 1.807) is 33.8 Å². The molecule has 0 spiro atoms. The molecule has 8 nitrogen and oxygen atoms in total. The topological polar surface area (TPSA) is 106 Å². The molecule has 0 aliphatic rings. The van der Waals surface area contributed by atoms with Crippen molar-refractivity contribution >= 4 is 17.8 Å². The Kier molecular flexibility index (Phi) is 7.96. The average molecular weight is 447 g/mol. The summed E-state index contributed by atoms with van der Waals surface area (Å²) in [6.07, 6.45) is 1.43. The predicted molar refractivity (Wildman–Crippen MR) is 116 cm³/mol. The number of carbonyl (C=O) groups excluding carboxylic acids is 2. The molecule has 0 aliphatic heterocycles. The number of hydrogen-bond acceptors (Lipinski definition) is 6. The van der Waals surface area contributed by atoms with Gasteiger partial charge in [-0.3, -0.25) is 14.9 Å². The van der Waals surface area contributed by atoms with Gasteiger partial charge in [0, 0.05) is 23.9 Å². The van der Waals surface area contributed by atoms with Crippen LogP contribution in [0.25, 0.3) is 0 Å². The summed E-state index contributed by atoms with van der Waals surface area (Å²) in [7, 11) is 0. The second-order valence-corrected chi connectivity index (χ2v) is 7.76. The molecule has 10 heteroatoms. The number of halogens is 2. The highest BCUT2D eigenvalue weighted by Crippen LogP contribution is 2.23. The maximum absolute atomic E-state index is 13.6. The van der Waals surface area contributed by atoms with E-state index in [0.29, 0.717) is 11.3 Å². The summed E-state index contributed by atoms with van der Waals surface area (Å²) in [5.41, 5.74) is 0.957. The van der Waals surface area contributed by atoms with Gasteiger partial charge in [0.1, 0.15) is 5.69 Å². The van der Waals surface area contributed by atoms with Gasteiger partial charge in [0.15, 0.2) is 6.61 Å². The molecule has 0 fully saturated rings. The third-order valence-corrected chi connectivity index (χ3v) is 4.48. The van der Waals surface area contributed by atoms with Crippen molar-refractivity contribution in [3.8, 4) is 5.88 Å². The molecule has 1 unspecified atom stereocenters. The van der Waals surface area contributed by atoms with Crippen molar-refractivity contribution < 1.29 is 23.1 Å². The maximum atomic E-state index is 13.6. The van der Waals surface area contributed by atoms with Crippen LogP contribution in [0.4, 0.5) is 14.7 Å². The Morgan fingerprint density at radius 1 is 1.22 bits per heavy atom. The monoisotopic (exact) mass is 447 g/mol. The van der Waals surface area contributed by atoms with E-state index in [9.17, 15) is 18.4 Å². The van der Waals surface area contributed by atoms with Crippen LogP contribution in [-0.4, -0.2) is 39.3 Å². The van der Waals surface area contributed by atoms with Crippen LogP contribution < -0.4 is 15.4 Å². The number of anilines is 1. The van der Waals surface area contributed by atoms with Gasteiger partial charge >= 0.3 is 5.92 Å². The zero-order valence-electron chi connectivity index (χ0n) is 18.7. The average Bonchev–Trinajstić information content (AvgIpc) is 2.72. The molecule has 2 amide bonds. The molecule has 0 saturated heterocycles. The van der Waals surface area contributed by atoms with E-state index in [-0.39, 0.29) is 34.9 Å². The van der Waals surface area contributed by atoms with Crippen LogP contribution in [0.1, 0.15) is 55.5 Å². The molecular weight excluding hydrogens is 420 g/mol. The molecule has 2 N–H and O–H groups in total. The molecule has 2 aromatic heterocycles. The molecule has 2 aromatic rings. The zero-order chi connectivity index (χ0) is 24.1. The summed E-state index contributed by atoms with van der Waals surface area (Å²) in [6, 6.07) is 4.11. The molecule has 2 rings (SSSR count). The van der Waals surface area contributed by atoms with Gasteiger partial charge in [0.05, 0.1) is 6.04 Å². The third kappa shape index (κ3) is 6.79. The zero-order valence-corrected chi connectivity index (χ0v) is 18.7. The lowest BCUT2D eigenvalue weighted by molar-refractivity contribution is -0.118. The number of amides is 2. The second-order valence-electron chi connectivity index (χ2n) is 7.76. The van der Waals surface area contributed by atoms with Crippen molar-refractivity contribution in [3.63, 3.8) is 0 Å². The quantitative estimate of drug-likeness (QED) is 0.566. The number of rotatable bonds is 9. The summed E-state index contributed by atoms with van der Waals surface area (Å²) in [4.78, 5) is 36.8.